The summed E-state index contributed by atoms with van der Waals surface area (Å²) in [6.07, 6.45) is -3.12. The van der Waals surface area contributed by atoms with Crippen LogP contribution in [0.25, 0.3) is 0 Å². The van der Waals surface area contributed by atoms with Crippen molar-refractivity contribution in [3.63, 3.8) is 0 Å². The molecule has 28 heavy (non-hydrogen) atoms. The Balaban J connectivity index is 0. The van der Waals surface area contributed by atoms with Crippen molar-refractivity contribution in [2.24, 2.45) is 0 Å². The van der Waals surface area contributed by atoms with Crippen LogP contribution in [0.4, 0.5) is 39.5 Å². The van der Waals surface area contributed by atoms with Crippen LogP contribution in [0.2, 0.25) is 0 Å². The smallest absolute Gasteiger partial charge is 0.298 e. The lowest BCUT2D eigenvalue weighted by molar-refractivity contribution is -0.382. The van der Waals surface area contributed by atoms with Crippen LogP contribution in [0.5, 0.6) is 0 Å². The number of hydrogen-bond acceptors (Lipinski definition) is 4. The Kier molecular flexibility index (Phi) is 9.91. The zero-order valence-corrected chi connectivity index (χ0v) is 16.5. The highest BCUT2D eigenvalue weighted by molar-refractivity contribution is 7.87. The number of unbranched alkanes of at least 4 members (excludes halogenated alkanes) is 2. The van der Waals surface area contributed by atoms with Gasteiger partial charge in [0.15, 0.2) is 0 Å². The molecule has 0 fully saturated rings. The number of rotatable bonds is 8. The van der Waals surface area contributed by atoms with Gasteiger partial charge in [0.05, 0.1) is 4.75 Å². The zero-order valence-electron chi connectivity index (χ0n) is 14.8. The number of alkyl halides is 9. The average molecular weight is 474 g/mol. The summed E-state index contributed by atoms with van der Waals surface area (Å²) in [5.74, 6) is -14.5. The molecule has 0 rings (SSSR count). The maximum Gasteiger partial charge on any atom is 0.460 e. The van der Waals surface area contributed by atoms with Gasteiger partial charge in [-0.1, -0.05) is 19.8 Å². The molecule has 0 heterocycles. The second kappa shape index (κ2) is 9.41. The lowest BCUT2D eigenvalue weighted by Crippen LogP contribution is -2.63. The van der Waals surface area contributed by atoms with Gasteiger partial charge in [0, 0.05) is 6.42 Å². The van der Waals surface area contributed by atoms with E-state index in [1.54, 1.807) is 0 Å². The first-order chi connectivity index (χ1) is 12.0. The predicted molar refractivity (Wildman–Crippen MR) is 84.7 cm³/mol. The lowest BCUT2D eigenvalue weighted by Gasteiger charge is -2.31. The number of carbonyl (C=O) groups is 1. The van der Waals surface area contributed by atoms with Crippen molar-refractivity contribution in [3.05, 3.63) is 0 Å². The van der Waals surface area contributed by atoms with Crippen molar-refractivity contribution in [1.29, 1.82) is 0 Å². The highest BCUT2D eigenvalue weighted by atomic mass is 32.2. The summed E-state index contributed by atoms with van der Waals surface area (Å²) in [6.45, 7) is 5.84. The van der Waals surface area contributed by atoms with Crippen LogP contribution < -0.4 is 0 Å². The molecular weight excluding hydrogens is 455 g/mol. The standard InChI is InChI=1S/C9H18OS.C4HF9O3S/c1-4-5-6-7-8(10)9(2,3)11;5-1(6,3(9,10)11)2(7,8)4(12,13)17(14,15)16/h11H,4-7H2,1-3H3;(H,14,15,16). The molecule has 170 valence electrons. The highest BCUT2D eigenvalue weighted by Crippen LogP contribution is 2.54. The van der Waals surface area contributed by atoms with Crippen LogP contribution >= 0.6 is 12.6 Å². The summed E-state index contributed by atoms with van der Waals surface area (Å²) in [7, 11) is -7.17. The molecule has 0 radical (unpaired) electrons. The van der Waals surface area contributed by atoms with Crippen molar-refractivity contribution in [1.82, 2.24) is 0 Å². The van der Waals surface area contributed by atoms with Crippen LogP contribution in [0.1, 0.15) is 46.5 Å². The third-order valence-corrected chi connectivity index (χ3v) is 4.28. The summed E-state index contributed by atoms with van der Waals surface area (Å²) in [4.78, 5) is 11.3. The van der Waals surface area contributed by atoms with Gasteiger partial charge in [0.1, 0.15) is 5.78 Å². The van der Waals surface area contributed by atoms with Gasteiger partial charge in [0.2, 0.25) is 0 Å². The maximum absolute atomic E-state index is 12.2. The number of halogens is 9. The molecule has 0 aromatic rings. The Morgan fingerprint density at radius 1 is 0.893 bits per heavy atom. The highest BCUT2D eigenvalue weighted by Gasteiger charge is 2.85. The van der Waals surface area contributed by atoms with Gasteiger partial charge in [0.25, 0.3) is 0 Å². The van der Waals surface area contributed by atoms with E-state index in [4.69, 9.17) is 4.55 Å². The van der Waals surface area contributed by atoms with Gasteiger partial charge < -0.3 is 0 Å². The number of ketones is 1. The van der Waals surface area contributed by atoms with Crippen molar-refractivity contribution < 1.29 is 57.3 Å². The number of carbonyl (C=O) groups excluding carboxylic acids is 1. The largest absolute Gasteiger partial charge is 0.460 e. The Morgan fingerprint density at radius 2 is 1.29 bits per heavy atom. The van der Waals surface area contributed by atoms with Gasteiger partial charge in [-0.3, -0.25) is 9.35 Å². The lowest BCUT2D eigenvalue weighted by atomic mass is 10.0. The Hall–Kier alpha value is -0.700. The quantitative estimate of drug-likeness (QED) is 0.221. The molecule has 1 N–H and O–H groups in total. The molecule has 0 aromatic carbocycles. The number of Topliss-reactive ketones (excluding diaryl/α,β-unsaturated/α-hetero) is 1. The molecule has 0 aliphatic rings. The minimum atomic E-state index is -7.37. The topological polar surface area (TPSA) is 71.4 Å². The molecule has 0 unspecified atom stereocenters. The van der Waals surface area contributed by atoms with Crippen molar-refractivity contribution >= 4 is 28.5 Å². The normalized spacial score (nSPS) is 14.4. The summed E-state index contributed by atoms with van der Waals surface area (Å²) < 4.78 is 133. The van der Waals surface area contributed by atoms with Crippen molar-refractivity contribution in [2.45, 2.75) is 74.5 Å². The fraction of sp³-hybridized carbons (Fsp3) is 0.923. The first-order valence-electron chi connectivity index (χ1n) is 7.41. The van der Waals surface area contributed by atoms with Gasteiger partial charge >= 0.3 is 33.4 Å². The molecule has 0 atom stereocenters. The molecule has 0 aliphatic heterocycles. The summed E-state index contributed by atoms with van der Waals surface area (Å²) >= 11 is 4.20. The minimum absolute atomic E-state index is 0.259. The average Bonchev–Trinajstić information content (AvgIpc) is 2.44. The third-order valence-electron chi connectivity index (χ3n) is 3.13. The summed E-state index contributed by atoms with van der Waals surface area (Å²) in [5, 5.41) is -7.00. The molecule has 0 amide bonds. The Labute approximate surface area is 161 Å². The molecule has 4 nitrogen and oxygen atoms in total. The number of thiol groups is 1. The second-order valence-corrected chi connectivity index (χ2v) is 8.66. The molecule has 15 heteroatoms. The van der Waals surface area contributed by atoms with E-state index in [9.17, 15) is 52.7 Å². The maximum atomic E-state index is 12.2. The zero-order chi connectivity index (χ0) is 23.4. The van der Waals surface area contributed by atoms with Crippen molar-refractivity contribution in [2.75, 3.05) is 0 Å². The van der Waals surface area contributed by atoms with Gasteiger partial charge in [-0.05, 0) is 20.3 Å². The molecule has 0 spiro atoms. The van der Waals surface area contributed by atoms with Gasteiger partial charge in [-0.2, -0.15) is 60.6 Å². The van der Waals surface area contributed by atoms with Gasteiger partial charge in [-0.25, -0.2) is 0 Å². The van der Waals surface area contributed by atoms with E-state index in [-0.39, 0.29) is 5.78 Å². The molecule has 0 aromatic heterocycles. The first kappa shape index (κ1) is 29.5. The number of hydrogen-bond donors (Lipinski definition) is 2. The molecule has 0 saturated heterocycles. The Morgan fingerprint density at radius 3 is 1.54 bits per heavy atom. The third kappa shape index (κ3) is 6.97. The van der Waals surface area contributed by atoms with Crippen LogP contribution in [-0.4, -0.2) is 46.8 Å². The minimum Gasteiger partial charge on any atom is -0.298 e. The first-order valence-corrected chi connectivity index (χ1v) is 9.30. The fourth-order valence-corrected chi connectivity index (χ4v) is 1.93. The molecule has 0 saturated carbocycles. The van der Waals surface area contributed by atoms with Crippen LogP contribution in [0.3, 0.4) is 0 Å². The van der Waals surface area contributed by atoms with E-state index in [1.165, 1.54) is 6.42 Å². The second-order valence-electron chi connectivity index (χ2n) is 6.08. The van der Waals surface area contributed by atoms with E-state index in [0.29, 0.717) is 6.42 Å². The van der Waals surface area contributed by atoms with Crippen LogP contribution in [0, 0.1) is 0 Å². The predicted octanol–water partition coefficient (Wildman–Crippen LogP) is 5.14. The van der Waals surface area contributed by atoms with Crippen molar-refractivity contribution in [3.8, 4) is 0 Å². The molecule has 0 bridgehead atoms. The summed E-state index contributed by atoms with van der Waals surface area (Å²) in [6, 6.07) is 0. The van der Waals surface area contributed by atoms with E-state index in [0.717, 1.165) is 12.8 Å². The Bertz CT molecular complexity index is 623. The summed E-state index contributed by atoms with van der Waals surface area (Å²) in [5.41, 5.74) is 0. The molecule has 0 aliphatic carbocycles. The monoisotopic (exact) mass is 474 g/mol. The van der Waals surface area contributed by atoms with Crippen LogP contribution in [0.15, 0.2) is 0 Å². The van der Waals surface area contributed by atoms with E-state index in [1.807, 2.05) is 13.8 Å². The van der Waals surface area contributed by atoms with E-state index >= 15 is 0 Å². The fourth-order valence-electron chi connectivity index (χ4n) is 1.36. The SMILES string of the molecule is CCCCCC(=O)C(C)(C)S.O=S(=O)(O)C(F)(F)C(F)(F)C(F)(F)C(F)(F)F. The van der Waals surface area contributed by atoms with E-state index < -0.39 is 38.1 Å². The van der Waals surface area contributed by atoms with Crippen LogP contribution in [-0.2, 0) is 14.9 Å². The molecular formula is C13H19F9O4S2. The van der Waals surface area contributed by atoms with E-state index in [2.05, 4.69) is 19.6 Å². The van der Waals surface area contributed by atoms with Gasteiger partial charge in [-0.15, -0.1) is 0 Å².